The van der Waals surface area contributed by atoms with Crippen molar-refractivity contribution in [3.8, 4) is 57.1 Å². The number of nitrogens with zero attached hydrogens (tertiary/aromatic N) is 5. The Kier molecular flexibility index (Phi) is 13.2. The molecule has 0 atom stereocenters. The minimum atomic E-state index is 0. The van der Waals surface area contributed by atoms with Crippen LogP contribution in [0.15, 0.2) is 171 Å². The van der Waals surface area contributed by atoms with Crippen molar-refractivity contribution in [1.82, 2.24) is 19.0 Å². The average Bonchev–Trinajstić information content (AvgIpc) is 4.04. The maximum Gasteiger partial charge on any atom is 4.00 e. The molecule has 4 heterocycles. The van der Waals surface area contributed by atoms with Crippen LogP contribution >= 0.6 is 0 Å². The van der Waals surface area contributed by atoms with Gasteiger partial charge in [-0.15, -0.1) is 60.2 Å². The van der Waals surface area contributed by atoms with Crippen LogP contribution in [0.5, 0.6) is 23.0 Å². The fraction of sp³-hybridized carbons (Fsp3) is 0.0196. The molecule has 3 aromatic heterocycles. The van der Waals surface area contributed by atoms with Crippen LogP contribution in [0.25, 0.3) is 49.9 Å². The predicted octanol–water partition coefficient (Wildman–Crippen LogP) is 11.3. The fourth-order valence-electron chi connectivity index (χ4n) is 6.73. The van der Waals surface area contributed by atoms with E-state index in [1.807, 2.05) is 121 Å². The molecule has 60 heavy (non-hydrogen) atoms. The largest absolute Gasteiger partial charge is 4.00 e. The molecule has 0 fully saturated rings. The Balaban J connectivity index is 0.000000552. The predicted molar refractivity (Wildman–Crippen MR) is 227 cm³/mol. The molecule has 0 unspecified atom stereocenters. The van der Waals surface area contributed by atoms with E-state index in [1.165, 1.54) is 10.8 Å². The smallest absolute Gasteiger partial charge is 0.669 e. The maximum absolute atomic E-state index is 6.57. The van der Waals surface area contributed by atoms with Crippen molar-refractivity contribution in [3.63, 3.8) is 0 Å². The first kappa shape index (κ1) is 41.6. The van der Waals surface area contributed by atoms with Gasteiger partial charge in [0.1, 0.15) is 0 Å². The molecule has 0 saturated carbocycles. The standard InChI is InChI=1S/C45H28N4O2.C6H4N.2Pt/c1-47-23-24-48(31-47)35-28-36(49-44-19-7-5-17-41(44)42-18-6-8-20-45(42)49)30-40(29-35)51-39-16-10-12-34(26-39)43-27-33(21-22-46-43)32-11-9-15-38(25-32)50-37-13-3-2-4-14-37;1-2-7-5-3-4-6-7;;/h2-13,15-20,22-24,27-28,30-31H,1H3;3-6H;;/q-6;-1;;+4. The van der Waals surface area contributed by atoms with Gasteiger partial charge < -0.3 is 39.8 Å². The van der Waals surface area contributed by atoms with Crippen LogP contribution in [0.4, 0.5) is 5.69 Å². The number of hydrogen-bond donors (Lipinski definition) is 0. The molecule has 10 rings (SSSR count). The minimum absolute atomic E-state index is 0. The van der Waals surface area contributed by atoms with Crippen molar-refractivity contribution in [3.05, 3.63) is 214 Å². The van der Waals surface area contributed by atoms with E-state index >= 15 is 0 Å². The first-order valence-electron chi connectivity index (χ1n) is 18.5. The molecular formula is C51H32N5O2Pt2-3. The molecule has 1 aliphatic rings. The molecule has 1 aliphatic heterocycles. The monoisotopic (exact) mass is 1140 g/mol. The zero-order chi connectivity index (χ0) is 39.3. The molecule has 296 valence electrons. The van der Waals surface area contributed by atoms with Crippen molar-refractivity contribution in [1.29, 1.82) is 0 Å². The zero-order valence-electron chi connectivity index (χ0n) is 31.9. The van der Waals surface area contributed by atoms with Gasteiger partial charge in [0.2, 0.25) is 0 Å². The van der Waals surface area contributed by atoms with Gasteiger partial charge in [-0.05, 0) is 43.7 Å². The first-order valence-corrected chi connectivity index (χ1v) is 18.5. The summed E-state index contributed by atoms with van der Waals surface area (Å²) in [4.78, 5) is 8.66. The number of aromatic nitrogens is 3. The van der Waals surface area contributed by atoms with Crippen molar-refractivity contribution in [2.45, 2.75) is 0 Å². The van der Waals surface area contributed by atoms with Gasteiger partial charge in [-0.3, -0.25) is 11.1 Å². The second kappa shape index (κ2) is 19.0. The Morgan fingerprint density at radius 2 is 1.28 bits per heavy atom. The van der Waals surface area contributed by atoms with Crippen LogP contribution < -0.4 is 14.4 Å². The van der Waals surface area contributed by atoms with Crippen molar-refractivity contribution in [2.24, 2.45) is 0 Å². The molecule has 0 aliphatic carbocycles. The minimum Gasteiger partial charge on any atom is -0.669 e. The molecule has 7 nitrogen and oxygen atoms in total. The third-order valence-corrected chi connectivity index (χ3v) is 9.36. The van der Waals surface area contributed by atoms with Gasteiger partial charge in [-0.2, -0.15) is 37.0 Å². The summed E-state index contributed by atoms with van der Waals surface area (Å²) >= 11 is 0. The number of ether oxygens (including phenoxy) is 2. The normalized spacial score (nSPS) is 11.6. The Hall–Kier alpha value is -6.57. The van der Waals surface area contributed by atoms with Crippen molar-refractivity contribution >= 4 is 27.5 Å². The van der Waals surface area contributed by atoms with E-state index in [0.29, 0.717) is 23.0 Å². The summed E-state index contributed by atoms with van der Waals surface area (Å²) in [6.07, 6.45) is 15.8. The van der Waals surface area contributed by atoms with Crippen LogP contribution in [0.2, 0.25) is 0 Å². The summed E-state index contributed by atoms with van der Waals surface area (Å²) in [5.41, 5.74) is 7.22. The number of pyridine rings is 1. The molecule has 0 spiro atoms. The summed E-state index contributed by atoms with van der Waals surface area (Å²) in [6.45, 7) is 2.01. The summed E-state index contributed by atoms with van der Waals surface area (Å²) in [7, 11) is 2.00. The number of hydrogen-bond acceptors (Lipinski definition) is 5. The van der Waals surface area contributed by atoms with Crippen molar-refractivity contribution < 1.29 is 51.6 Å². The van der Waals surface area contributed by atoms with Gasteiger partial charge in [-0.1, -0.05) is 65.7 Å². The molecular weight excluding hydrogens is 1100 g/mol. The molecule has 6 aromatic carbocycles. The second-order valence-electron chi connectivity index (χ2n) is 13.3. The van der Waals surface area contributed by atoms with Crippen LogP contribution in [-0.2, 0) is 42.1 Å². The number of fused-ring (bicyclic) bond motifs is 3. The summed E-state index contributed by atoms with van der Waals surface area (Å²) in [6, 6.07) is 64.6. The van der Waals surface area contributed by atoms with E-state index in [4.69, 9.17) is 15.9 Å². The van der Waals surface area contributed by atoms with E-state index in [2.05, 4.69) is 101 Å². The second-order valence-corrected chi connectivity index (χ2v) is 13.3. The number of benzene rings is 6. The van der Waals surface area contributed by atoms with Crippen LogP contribution in [0.3, 0.4) is 0 Å². The molecule has 0 amide bonds. The molecule has 9 heteroatoms. The van der Waals surface area contributed by atoms with Crippen LogP contribution in [0, 0.1) is 49.5 Å². The van der Waals surface area contributed by atoms with Crippen LogP contribution in [-0.4, -0.2) is 26.1 Å². The fourth-order valence-corrected chi connectivity index (χ4v) is 6.73. The average molecular weight is 1140 g/mol. The van der Waals surface area contributed by atoms with Gasteiger partial charge in [0.05, 0.1) is 11.0 Å². The summed E-state index contributed by atoms with van der Waals surface area (Å²) in [5.74, 6) is 2.33. The van der Waals surface area contributed by atoms with Gasteiger partial charge >= 0.3 is 21.1 Å². The van der Waals surface area contributed by atoms with Gasteiger partial charge in [0.15, 0.2) is 0 Å². The molecule has 0 radical (unpaired) electrons. The molecule has 0 bridgehead atoms. The van der Waals surface area contributed by atoms with Gasteiger partial charge in [-0.25, -0.2) is 24.2 Å². The number of anilines is 1. The molecule has 0 saturated heterocycles. The Morgan fingerprint density at radius 3 is 1.93 bits per heavy atom. The zero-order valence-corrected chi connectivity index (χ0v) is 36.5. The molecule has 0 N–H and O–H groups in total. The van der Waals surface area contributed by atoms with E-state index in [1.54, 1.807) is 23.2 Å². The SMILES string of the molecule is CN1C=CN(c2[c-]c(Oc3[c-]c(-c4cc(-c5[c-]c(Oc6[c-]cccc6)ccc5)[c-]cn4)ccc3)cc(-n3c4ccccc4c4ccccc43)c2)[CH-]1.[C-]#Cn1cccc1.[Pt+4].[Pt]. The Morgan fingerprint density at radius 1 is 0.633 bits per heavy atom. The van der Waals surface area contributed by atoms with E-state index in [-0.39, 0.29) is 42.1 Å². The van der Waals surface area contributed by atoms with Crippen LogP contribution in [0.1, 0.15) is 0 Å². The third-order valence-electron chi connectivity index (χ3n) is 9.36. The molecule has 9 aromatic rings. The van der Waals surface area contributed by atoms with Gasteiger partial charge in [0, 0.05) is 67.2 Å². The van der Waals surface area contributed by atoms with Gasteiger partial charge in [0.25, 0.3) is 0 Å². The Bertz CT molecular complexity index is 2880. The van der Waals surface area contributed by atoms with E-state index in [9.17, 15) is 0 Å². The Labute approximate surface area is 378 Å². The van der Waals surface area contributed by atoms with Crippen molar-refractivity contribution in [2.75, 3.05) is 11.9 Å². The summed E-state index contributed by atoms with van der Waals surface area (Å²) in [5, 5.41) is 2.38. The number of rotatable bonds is 8. The topological polar surface area (TPSA) is 47.7 Å². The van der Waals surface area contributed by atoms with E-state index < -0.39 is 0 Å². The quantitative estimate of drug-likeness (QED) is 0.112. The van der Waals surface area contributed by atoms with E-state index in [0.717, 1.165) is 44.8 Å². The first-order chi connectivity index (χ1) is 28.6. The maximum atomic E-state index is 6.57. The third kappa shape index (κ3) is 9.17. The number of para-hydroxylation sites is 3. The summed E-state index contributed by atoms with van der Waals surface area (Å²) < 4.78 is 16.3.